The van der Waals surface area contributed by atoms with Crippen molar-refractivity contribution >= 4 is 5.91 Å². The van der Waals surface area contributed by atoms with Gasteiger partial charge in [0.2, 0.25) is 0 Å². The summed E-state index contributed by atoms with van der Waals surface area (Å²) in [6, 6.07) is 6.35. The number of nitrogens with one attached hydrogen (secondary N) is 1. The molecule has 0 saturated heterocycles. The van der Waals surface area contributed by atoms with Crippen molar-refractivity contribution in [3.05, 3.63) is 53.9 Å². The van der Waals surface area contributed by atoms with Gasteiger partial charge in [0.05, 0.1) is 12.5 Å². The number of aromatic nitrogens is 2. The first-order valence-electron chi connectivity index (χ1n) is 5.16. The van der Waals surface area contributed by atoms with Crippen LogP contribution in [0.2, 0.25) is 0 Å². The summed E-state index contributed by atoms with van der Waals surface area (Å²) in [4.78, 5) is 15.6. The number of carbonyl (C=O) groups is 1. The summed E-state index contributed by atoms with van der Waals surface area (Å²) in [6.07, 6.45) is 3.01. The Morgan fingerprint density at radius 3 is 2.88 bits per heavy atom. The van der Waals surface area contributed by atoms with Crippen LogP contribution in [0.1, 0.15) is 16.1 Å². The number of hydrogen-bond donors (Lipinski definition) is 1. The van der Waals surface area contributed by atoms with Crippen LogP contribution in [-0.2, 0) is 13.6 Å². The van der Waals surface area contributed by atoms with Crippen molar-refractivity contribution < 1.29 is 9.18 Å². The van der Waals surface area contributed by atoms with E-state index in [1.54, 1.807) is 29.8 Å². The van der Waals surface area contributed by atoms with Crippen molar-refractivity contribution in [3.63, 3.8) is 0 Å². The zero-order valence-electron chi connectivity index (χ0n) is 9.35. The number of rotatable bonds is 3. The summed E-state index contributed by atoms with van der Waals surface area (Å²) < 4.78 is 14.9. The third-order valence-electron chi connectivity index (χ3n) is 2.45. The Kier molecular flexibility index (Phi) is 3.18. The van der Waals surface area contributed by atoms with Gasteiger partial charge in [-0.05, 0) is 6.07 Å². The summed E-state index contributed by atoms with van der Waals surface area (Å²) in [5.74, 6) is -0.592. The molecule has 0 aliphatic heterocycles. The molecule has 1 amide bonds. The second kappa shape index (κ2) is 4.78. The molecule has 0 aliphatic rings. The molecule has 5 heteroatoms. The fourth-order valence-corrected chi connectivity index (χ4v) is 1.48. The molecule has 0 atom stereocenters. The average molecular weight is 233 g/mol. The van der Waals surface area contributed by atoms with Crippen molar-refractivity contribution in [3.8, 4) is 0 Å². The number of imidazole rings is 1. The molecule has 1 aromatic carbocycles. The summed E-state index contributed by atoms with van der Waals surface area (Å²) in [5, 5.41) is 2.64. The first-order chi connectivity index (χ1) is 8.18. The van der Waals surface area contributed by atoms with Gasteiger partial charge in [-0.15, -0.1) is 0 Å². The van der Waals surface area contributed by atoms with Crippen LogP contribution in [0.4, 0.5) is 4.39 Å². The summed E-state index contributed by atoms with van der Waals surface area (Å²) >= 11 is 0. The Balaban J connectivity index is 2.02. The van der Waals surface area contributed by atoms with E-state index in [2.05, 4.69) is 10.3 Å². The van der Waals surface area contributed by atoms with Crippen LogP contribution in [0.3, 0.4) is 0 Å². The van der Waals surface area contributed by atoms with Gasteiger partial charge in [-0.3, -0.25) is 4.79 Å². The van der Waals surface area contributed by atoms with Crippen LogP contribution in [0, 0.1) is 5.82 Å². The number of carbonyl (C=O) groups excluding carboxylic acids is 1. The molecule has 88 valence electrons. The second-order valence-corrected chi connectivity index (χ2v) is 3.66. The first-order valence-corrected chi connectivity index (χ1v) is 5.16. The average Bonchev–Trinajstić information content (AvgIpc) is 2.74. The predicted octanol–water partition coefficient (Wildman–Crippen LogP) is 1.49. The Hall–Kier alpha value is -2.17. The normalized spacial score (nSPS) is 10.2. The van der Waals surface area contributed by atoms with E-state index in [4.69, 9.17) is 0 Å². The van der Waals surface area contributed by atoms with Crippen molar-refractivity contribution in [2.45, 2.75) is 6.54 Å². The lowest BCUT2D eigenvalue weighted by atomic mass is 10.2. The quantitative estimate of drug-likeness (QED) is 0.873. The largest absolute Gasteiger partial charge is 0.347 e. The Morgan fingerprint density at radius 2 is 2.24 bits per heavy atom. The molecule has 0 unspecified atom stereocenters. The molecule has 0 radical (unpaired) electrons. The third kappa shape index (κ3) is 2.50. The van der Waals surface area contributed by atoms with E-state index in [-0.39, 0.29) is 18.3 Å². The van der Waals surface area contributed by atoms with Gasteiger partial charge >= 0.3 is 0 Å². The van der Waals surface area contributed by atoms with Crippen molar-refractivity contribution in [2.75, 3.05) is 0 Å². The molecule has 0 saturated carbocycles. The zero-order valence-corrected chi connectivity index (χ0v) is 9.35. The fourth-order valence-electron chi connectivity index (χ4n) is 1.48. The van der Waals surface area contributed by atoms with E-state index in [0.717, 1.165) is 0 Å². The number of amides is 1. The number of halogens is 1. The lowest BCUT2D eigenvalue weighted by molar-refractivity contribution is 0.0942. The van der Waals surface area contributed by atoms with E-state index < -0.39 is 0 Å². The number of aryl methyl sites for hydroxylation is 1. The Bertz CT molecular complexity index is 536. The highest BCUT2D eigenvalue weighted by Gasteiger charge is 2.09. The lowest BCUT2D eigenvalue weighted by Crippen LogP contribution is -2.25. The molecule has 2 rings (SSSR count). The van der Waals surface area contributed by atoms with Crippen LogP contribution < -0.4 is 5.32 Å². The molecule has 0 bridgehead atoms. The number of nitrogens with zero attached hydrogens (tertiary/aromatic N) is 2. The lowest BCUT2D eigenvalue weighted by Gasteiger charge is -2.06. The van der Waals surface area contributed by atoms with Crippen molar-refractivity contribution in [1.29, 1.82) is 0 Å². The van der Waals surface area contributed by atoms with Gasteiger partial charge < -0.3 is 9.88 Å². The monoisotopic (exact) mass is 233 g/mol. The predicted molar refractivity (Wildman–Crippen MR) is 60.8 cm³/mol. The van der Waals surface area contributed by atoms with E-state index in [0.29, 0.717) is 11.3 Å². The Labute approximate surface area is 98.1 Å². The van der Waals surface area contributed by atoms with Crippen molar-refractivity contribution in [2.24, 2.45) is 7.05 Å². The van der Waals surface area contributed by atoms with E-state index in [1.165, 1.54) is 18.6 Å². The molecule has 0 aliphatic carbocycles. The van der Waals surface area contributed by atoms with Gasteiger partial charge in [-0.25, -0.2) is 9.37 Å². The molecule has 0 spiro atoms. The minimum absolute atomic E-state index is 0.163. The molecule has 1 N–H and O–H groups in total. The van der Waals surface area contributed by atoms with E-state index in [9.17, 15) is 9.18 Å². The fraction of sp³-hybridized carbons (Fsp3) is 0.167. The highest BCUT2D eigenvalue weighted by molar-refractivity contribution is 5.92. The number of hydrogen-bond acceptors (Lipinski definition) is 2. The molecule has 0 fully saturated rings. The molecular formula is C12H12FN3O. The minimum Gasteiger partial charge on any atom is -0.347 e. The molecule has 1 aromatic heterocycles. The van der Waals surface area contributed by atoms with Gasteiger partial charge in [-0.2, -0.15) is 0 Å². The molecule has 1 heterocycles. The zero-order chi connectivity index (χ0) is 12.3. The third-order valence-corrected chi connectivity index (χ3v) is 2.45. The van der Waals surface area contributed by atoms with Crippen LogP contribution in [0.5, 0.6) is 0 Å². The van der Waals surface area contributed by atoms with E-state index >= 15 is 0 Å². The maximum Gasteiger partial charge on any atom is 0.269 e. The highest BCUT2D eigenvalue weighted by Crippen LogP contribution is 2.06. The smallest absolute Gasteiger partial charge is 0.269 e. The first kappa shape index (κ1) is 11.3. The van der Waals surface area contributed by atoms with E-state index in [1.807, 2.05) is 0 Å². The molecule has 2 aromatic rings. The summed E-state index contributed by atoms with van der Waals surface area (Å²) in [7, 11) is 1.73. The van der Waals surface area contributed by atoms with Crippen LogP contribution in [-0.4, -0.2) is 15.5 Å². The molecular weight excluding hydrogens is 221 g/mol. The van der Waals surface area contributed by atoms with Crippen LogP contribution in [0.25, 0.3) is 0 Å². The number of benzene rings is 1. The molecule has 17 heavy (non-hydrogen) atoms. The maximum absolute atomic E-state index is 13.3. The van der Waals surface area contributed by atoms with Gasteiger partial charge in [0, 0.05) is 19.2 Å². The highest BCUT2D eigenvalue weighted by atomic mass is 19.1. The van der Waals surface area contributed by atoms with Gasteiger partial charge in [0.15, 0.2) is 0 Å². The summed E-state index contributed by atoms with van der Waals surface area (Å²) in [5.41, 5.74) is 0.907. The topological polar surface area (TPSA) is 46.9 Å². The SMILES string of the molecule is Cn1cncc1C(=O)NCc1ccccc1F. The standard InChI is InChI=1S/C12H12FN3O/c1-16-8-14-7-11(16)12(17)15-6-9-4-2-3-5-10(9)13/h2-5,7-8H,6H2,1H3,(H,15,17). The van der Waals surface area contributed by atoms with Gasteiger partial charge in [0.1, 0.15) is 11.5 Å². The van der Waals surface area contributed by atoms with Crippen molar-refractivity contribution in [1.82, 2.24) is 14.9 Å². The van der Waals surface area contributed by atoms with Crippen LogP contribution in [0.15, 0.2) is 36.8 Å². The van der Waals surface area contributed by atoms with Gasteiger partial charge in [-0.1, -0.05) is 18.2 Å². The maximum atomic E-state index is 13.3. The minimum atomic E-state index is -0.321. The van der Waals surface area contributed by atoms with Crippen LogP contribution >= 0.6 is 0 Å². The summed E-state index contributed by atoms with van der Waals surface area (Å²) in [6.45, 7) is 0.163. The second-order valence-electron chi connectivity index (χ2n) is 3.66. The molecule has 4 nitrogen and oxygen atoms in total. The van der Waals surface area contributed by atoms with Gasteiger partial charge in [0.25, 0.3) is 5.91 Å². The Morgan fingerprint density at radius 1 is 1.47 bits per heavy atom.